The lowest BCUT2D eigenvalue weighted by atomic mass is 10.1. The third-order valence-corrected chi connectivity index (χ3v) is 3.22. The van der Waals surface area contributed by atoms with Crippen LogP contribution in [0.3, 0.4) is 0 Å². The minimum Gasteiger partial charge on any atom is -0.409 e. The molecule has 1 aromatic carbocycles. The van der Waals surface area contributed by atoms with E-state index in [9.17, 15) is 0 Å². The van der Waals surface area contributed by atoms with Crippen LogP contribution in [0.5, 0.6) is 0 Å². The van der Waals surface area contributed by atoms with Crippen LogP contribution in [0.25, 0.3) is 0 Å². The highest BCUT2D eigenvalue weighted by atomic mass is 16.4. The highest BCUT2D eigenvalue weighted by Crippen LogP contribution is 2.10. The molecule has 0 unspecified atom stereocenters. The zero-order chi connectivity index (χ0) is 15.8. The van der Waals surface area contributed by atoms with Gasteiger partial charge < -0.3 is 15.8 Å². The Labute approximate surface area is 128 Å². The standard InChI is InChI=1S/C16H28N4O/c1-13(2)11-20(9-8-19(3)4)12-14-6-5-7-15(10-14)16(17)18-21/h5-7,10,13,21H,8-9,11-12H2,1-4H3,(H2,17,18). The predicted octanol–water partition coefficient (Wildman–Crippen LogP) is 1.80. The summed E-state index contributed by atoms with van der Waals surface area (Å²) >= 11 is 0. The molecule has 0 aliphatic heterocycles. The van der Waals surface area contributed by atoms with Crippen molar-refractivity contribution in [1.29, 1.82) is 0 Å². The number of likely N-dealkylation sites (N-methyl/N-ethyl adjacent to an activating group) is 1. The summed E-state index contributed by atoms with van der Waals surface area (Å²) in [6, 6.07) is 7.86. The molecule has 0 amide bonds. The maximum Gasteiger partial charge on any atom is 0.170 e. The second-order valence-corrected chi connectivity index (χ2v) is 6.12. The van der Waals surface area contributed by atoms with Gasteiger partial charge >= 0.3 is 0 Å². The van der Waals surface area contributed by atoms with E-state index in [-0.39, 0.29) is 5.84 Å². The molecule has 0 saturated carbocycles. The summed E-state index contributed by atoms with van der Waals surface area (Å²) in [4.78, 5) is 4.64. The third kappa shape index (κ3) is 6.60. The van der Waals surface area contributed by atoms with E-state index in [4.69, 9.17) is 10.9 Å². The van der Waals surface area contributed by atoms with Gasteiger partial charge in [0.1, 0.15) is 0 Å². The van der Waals surface area contributed by atoms with Gasteiger partial charge in [0, 0.05) is 31.7 Å². The normalized spacial score (nSPS) is 12.6. The Bertz CT molecular complexity index is 457. The molecule has 0 aromatic heterocycles. The molecule has 1 rings (SSSR count). The maximum atomic E-state index is 8.77. The predicted molar refractivity (Wildman–Crippen MR) is 87.6 cm³/mol. The van der Waals surface area contributed by atoms with Crippen LogP contribution in [0, 0.1) is 5.92 Å². The fourth-order valence-electron chi connectivity index (χ4n) is 2.24. The lowest BCUT2D eigenvalue weighted by molar-refractivity contribution is 0.212. The van der Waals surface area contributed by atoms with Gasteiger partial charge in [0.25, 0.3) is 0 Å². The Balaban J connectivity index is 2.77. The first-order valence-electron chi connectivity index (χ1n) is 7.36. The molecule has 5 nitrogen and oxygen atoms in total. The summed E-state index contributed by atoms with van der Waals surface area (Å²) in [7, 11) is 4.18. The fourth-order valence-corrected chi connectivity index (χ4v) is 2.24. The van der Waals surface area contributed by atoms with Crippen molar-refractivity contribution in [2.45, 2.75) is 20.4 Å². The molecule has 3 N–H and O–H groups in total. The van der Waals surface area contributed by atoms with Crippen LogP contribution in [0.1, 0.15) is 25.0 Å². The van der Waals surface area contributed by atoms with E-state index in [1.54, 1.807) is 0 Å². The van der Waals surface area contributed by atoms with E-state index in [2.05, 4.69) is 49.0 Å². The molecule has 0 atom stereocenters. The molecule has 1 aromatic rings. The van der Waals surface area contributed by atoms with E-state index < -0.39 is 0 Å². The third-order valence-electron chi connectivity index (χ3n) is 3.22. The number of rotatable bonds is 8. The van der Waals surface area contributed by atoms with Crippen molar-refractivity contribution in [2.75, 3.05) is 33.7 Å². The van der Waals surface area contributed by atoms with Crippen LogP contribution >= 0.6 is 0 Å². The number of nitrogens with zero attached hydrogens (tertiary/aromatic N) is 3. The van der Waals surface area contributed by atoms with Gasteiger partial charge in [0.15, 0.2) is 5.84 Å². The molecule has 0 bridgehead atoms. The summed E-state index contributed by atoms with van der Waals surface area (Å²) in [5.74, 6) is 0.778. The molecule has 5 heteroatoms. The average Bonchev–Trinajstić information content (AvgIpc) is 2.43. The molecule has 0 spiro atoms. The summed E-state index contributed by atoms with van der Waals surface area (Å²) in [6.45, 7) is 8.46. The van der Waals surface area contributed by atoms with Crippen molar-refractivity contribution in [3.8, 4) is 0 Å². The Morgan fingerprint density at radius 3 is 2.57 bits per heavy atom. The molecule has 0 aliphatic carbocycles. The zero-order valence-electron chi connectivity index (χ0n) is 13.6. The highest BCUT2D eigenvalue weighted by Gasteiger charge is 2.10. The van der Waals surface area contributed by atoms with Gasteiger partial charge in [-0.2, -0.15) is 0 Å². The van der Waals surface area contributed by atoms with Crippen molar-refractivity contribution in [3.05, 3.63) is 35.4 Å². The smallest absolute Gasteiger partial charge is 0.170 e. The van der Waals surface area contributed by atoms with Crippen molar-refractivity contribution < 1.29 is 5.21 Å². The molecular weight excluding hydrogens is 264 g/mol. The Morgan fingerprint density at radius 1 is 1.29 bits per heavy atom. The quantitative estimate of drug-likeness (QED) is 0.332. The van der Waals surface area contributed by atoms with Gasteiger partial charge in [-0.1, -0.05) is 37.2 Å². The molecule has 118 valence electrons. The van der Waals surface area contributed by atoms with E-state index in [0.717, 1.165) is 31.7 Å². The number of amidine groups is 1. The van der Waals surface area contributed by atoms with Crippen molar-refractivity contribution in [1.82, 2.24) is 9.80 Å². The number of hydrogen-bond donors (Lipinski definition) is 2. The molecule has 0 fully saturated rings. The van der Waals surface area contributed by atoms with Crippen LogP contribution in [0.4, 0.5) is 0 Å². The monoisotopic (exact) mass is 292 g/mol. The zero-order valence-corrected chi connectivity index (χ0v) is 13.6. The largest absolute Gasteiger partial charge is 0.409 e. The van der Waals surface area contributed by atoms with E-state index in [1.807, 2.05) is 18.2 Å². The Hall–Kier alpha value is -1.59. The van der Waals surface area contributed by atoms with Gasteiger partial charge in [-0.25, -0.2) is 0 Å². The first-order valence-corrected chi connectivity index (χ1v) is 7.36. The number of nitrogens with two attached hydrogens (primary N) is 1. The molecular formula is C16H28N4O. The van der Waals surface area contributed by atoms with Gasteiger partial charge in [-0.15, -0.1) is 0 Å². The topological polar surface area (TPSA) is 65.1 Å². The maximum absolute atomic E-state index is 8.77. The van der Waals surface area contributed by atoms with Crippen LogP contribution in [-0.4, -0.2) is 54.6 Å². The van der Waals surface area contributed by atoms with Crippen LogP contribution < -0.4 is 5.73 Å². The first-order chi connectivity index (χ1) is 9.92. The first kappa shape index (κ1) is 17.5. The summed E-state index contributed by atoms with van der Waals surface area (Å²) in [5, 5.41) is 11.8. The SMILES string of the molecule is CC(C)CN(CCN(C)C)Cc1cccc(C(N)=NO)c1. The molecule has 21 heavy (non-hydrogen) atoms. The Morgan fingerprint density at radius 2 is 2.00 bits per heavy atom. The second kappa shape index (κ2) is 8.64. The highest BCUT2D eigenvalue weighted by molar-refractivity contribution is 5.97. The minimum atomic E-state index is 0.153. The number of benzene rings is 1. The van der Waals surface area contributed by atoms with E-state index in [1.165, 1.54) is 5.56 Å². The van der Waals surface area contributed by atoms with E-state index >= 15 is 0 Å². The van der Waals surface area contributed by atoms with Gasteiger partial charge in [-0.05, 0) is 31.6 Å². The number of oxime groups is 1. The minimum absolute atomic E-state index is 0.153. The number of hydrogen-bond acceptors (Lipinski definition) is 4. The lowest BCUT2D eigenvalue weighted by Crippen LogP contribution is -2.34. The molecule has 0 radical (unpaired) electrons. The van der Waals surface area contributed by atoms with Crippen LogP contribution in [0.15, 0.2) is 29.4 Å². The fraction of sp³-hybridized carbons (Fsp3) is 0.562. The van der Waals surface area contributed by atoms with Gasteiger partial charge in [-0.3, -0.25) is 4.90 Å². The second-order valence-electron chi connectivity index (χ2n) is 6.12. The van der Waals surface area contributed by atoms with Gasteiger partial charge in [0.05, 0.1) is 0 Å². The van der Waals surface area contributed by atoms with Crippen LogP contribution in [-0.2, 0) is 6.54 Å². The van der Waals surface area contributed by atoms with Crippen molar-refractivity contribution in [3.63, 3.8) is 0 Å². The van der Waals surface area contributed by atoms with Crippen LogP contribution in [0.2, 0.25) is 0 Å². The summed E-state index contributed by atoms with van der Waals surface area (Å²) in [5.41, 5.74) is 7.59. The summed E-state index contributed by atoms with van der Waals surface area (Å²) < 4.78 is 0. The molecule has 0 aliphatic rings. The Kier molecular flexibility index (Phi) is 7.19. The summed E-state index contributed by atoms with van der Waals surface area (Å²) in [6.07, 6.45) is 0. The molecule has 0 heterocycles. The average molecular weight is 292 g/mol. The lowest BCUT2D eigenvalue weighted by Gasteiger charge is -2.26. The van der Waals surface area contributed by atoms with E-state index in [0.29, 0.717) is 5.92 Å². The van der Waals surface area contributed by atoms with Crippen molar-refractivity contribution >= 4 is 5.84 Å². The van der Waals surface area contributed by atoms with Crippen molar-refractivity contribution in [2.24, 2.45) is 16.8 Å². The molecule has 0 saturated heterocycles. The van der Waals surface area contributed by atoms with Gasteiger partial charge in [0.2, 0.25) is 0 Å².